The molecule has 0 N–H and O–H groups in total. The van der Waals surface area contributed by atoms with Crippen molar-refractivity contribution in [1.29, 1.82) is 0 Å². The summed E-state index contributed by atoms with van der Waals surface area (Å²) in [6.07, 6.45) is 48.0. The summed E-state index contributed by atoms with van der Waals surface area (Å²) in [7, 11) is 0. The summed E-state index contributed by atoms with van der Waals surface area (Å²) in [6.45, 7) is 11.4. The molecular formula is C54H104O6. The third kappa shape index (κ3) is 45.9. The molecule has 0 aliphatic heterocycles. The van der Waals surface area contributed by atoms with Crippen LogP contribution in [0.25, 0.3) is 0 Å². The zero-order valence-electron chi connectivity index (χ0n) is 41.1. The lowest BCUT2D eigenvalue weighted by Crippen LogP contribution is -2.30. The fourth-order valence-corrected chi connectivity index (χ4v) is 8.13. The number of carbonyl (C=O) groups excluding carboxylic acids is 3. The quantitative estimate of drug-likeness (QED) is 0.0345. The second-order valence-corrected chi connectivity index (χ2v) is 19.2. The molecule has 0 amide bonds. The largest absolute Gasteiger partial charge is 0.462 e. The first kappa shape index (κ1) is 58.4. The summed E-state index contributed by atoms with van der Waals surface area (Å²) in [5, 5.41) is 0. The first-order valence-electron chi connectivity index (χ1n) is 26.8. The summed E-state index contributed by atoms with van der Waals surface area (Å²) in [4.78, 5) is 38.0. The molecule has 0 fully saturated rings. The van der Waals surface area contributed by atoms with E-state index in [2.05, 4.69) is 34.6 Å². The van der Waals surface area contributed by atoms with Crippen LogP contribution in [-0.2, 0) is 28.6 Å². The van der Waals surface area contributed by atoms with E-state index in [0.29, 0.717) is 19.3 Å². The van der Waals surface area contributed by atoms with Gasteiger partial charge in [0.2, 0.25) is 0 Å². The third-order valence-electron chi connectivity index (χ3n) is 12.6. The molecule has 6 nitrogen and oxygen atoms in total. The molecule has 0 aromatic rings. The predicted molar refractivity (Wildman–Crippen MR) is 256 cm³/mol. The lowest BCUT2D eigenvalue weighted by Gasteiger charge is -2.18. The standard InChI is InChI=1S/C54H104O6/c1-6-8-9-10-11-12-13-20-23-29-34-39-44-52(55)58-47-51(48-59-53(56)45-40-35-30-26-25-28-33-38-43-50(5)7-2)60-54(57)46-41-36-31-24-21-18-16-14-15-17-19-22-27-32-37-42-49(3)4/h49-51H,6-48H2,1-5H3/t50?,51-/m0/s1. The highest BCUT2D eigenvalue weighted by molar-refractivity contribution is 5.71. The molecule has 0 aromatic carbocycles. The third-order valence-corrected chi connectivity index (χ3v) is 12.6. The Morgan fingerprint density at radius 2 is 0.633 bits per heavy atom. The van der Waals surface area contributed by atoms with E-state index in [1.165, 1.54) is 186 Å². The van der Waals surface area contributed by atoms with Gasteiger partial charge in [0.15, 0.2) is 6.10 Å². The van der Waals surface area contributed by atoms with Crippen LogP contribution in [0.3, 0.4) is 0 Å². The molecule has 0 bridgehead atoms. The Morgan fingerprint density at radius 1 is 0.350 bits per heavy atom. The van der Waals surface area contributed by atoms with Gasteiger partial charge in [-0.25, -0.2) is 0 Å². The zero-order valence-corrected chi connectivity index (χ0v) is 41.1. The van der Waals surface area contributed by atoms with Gasteiger partial charge in [-0.1, -0.05) is 259 Å². The van der Waals surface area contributed by atoms with E-state index < -0.39 is 6.10 Å². The van der Waals surface area contributed by atoms with Gasteiger partial charge in [0.1, 0.15) is 13.2 Å². The first-order valence-corrected chi connectivity index (χ1v) is 26.8. The fraction of sp³-hybridized carbons (Fsp3) is 0.944. The second-order valence-electron chi connectivity index (χ2n) is 19.2. The Morgan fingerprint density at radius 3 is 0.950 bits per heavy atom. The van der Waals surface area contributed by atoms with E-state index in [-0.39, 0.29) is 31.1 Å². The highest BCUT2D eigenvalue weighted by atomic mass is 16.6. The van der Waals surface area contributed by atoms with Crippen molar-refractivity contribution in [2.75, 3.05) is 13.2 Å². The van der Waals surface area contributed by atoms with E-state index in [1.807, 2.05) is 0 Å². The molecule has 0 saturated carbocycles. The molecule has 0 saturated heterocycles. The van der Waals surface area contributed by atoms with E-state index >= 15 is 0 Å². The van der Waals surface area contributed by atoms with Crippen molar-refractivity contribution in [1.82, 2.24) is 0 Å². The van der Waals surface area contributed by atoms with Gasteiger partial charge in [-0.3, -0.25) is 14.4 Å². The van der Waals surface area contributed by atoms with Gasteiger partial charge in [-0.05, 0) is 31.1 Å². The topological polar surface area (TPSA) is 78.9 Å². The minimum absolute atomic E-state index is 0.0636. The van der Waals surface area contributed by atoms with Crippen LogP contribution in [0.4, 0.5) is 0 Å². The summed E-state index contributed by atoms with van der Waals surface area (Å²) < 4.78 is 16.8. The van der Waals surface area contributed by atoms with Gasteiger partial charge in [0.05, 0.1) is 0 Å². The van der Waals surface area contributed by atoms with E-state index in [0.717, 1.165) is 69.6 Å². The van der Waals surface area contributed by atoms with Gasteiger partial charge < -0.3 is 14.2 Å². The SMILES string of the molecule is CCCCCCCCCCCCCCC(=O)OC[C@@H](COC(=O)CCCCCCCCCCC(C)CC)OC(=O)CCCCCCCCCCCCCCCCCC(C)C. The molecule has 0 aromatic heterocycles. The Bertz CT molecular complexity index is 918. The molecule has 0 heterocycles. The average molecular weight is 849 g/mol. The van der Waals surface area contributed by atoms with E-state index in [9.17, 15) is 14.4 Å². The van der Waals surface area contributed by atoms with Crippen LogP contribution < -0.4 is 0 Å². The van der Waals surface area contributed by atoms with Crippen LogP contribution in [0.15, 0.2) is 0 Å². The summed E-state index contributed by atoms with van der Waals surface area (Å²) in [5.41, 5.74) is 0. The first-order chi connectivity index (χ1) is 29.3. The molecule has 0 aliphatic carbocycles. The van der Waals surface area contributed by atoms with Crippen molar-refractivity contribution in [3.05, 3.63) is 0 Å². The van der Waals surface area contributed by atoms with Crippen molar-refractivity contribution >= 4 is 17.9 Å². The monoisotopic (exact) mass is 849 g/mol. The Balaban J connectivity index is 4.29. The van der Waals surface area contributed by atoms with Crippen LogP contribution in [0, 0.1) is 11.8 Å². The maximum atomic E-state index is 12.8. The summed E-state index contributed by atoms with van der Waals surface area (Å²) in [5.74, 6) is 0.849. The lowest BCUT2D eigenvalue weighted by molar-refractivity contribution is -0.167. The van der Waals surface area contributed by atoms with Crippen LogP contribution in [0.1, 0.15) is 298 Å². The highest BCUT2D eigenvalue weighted by Crippen LogP contribution is 2.18. The molecule has 6 heteroatoms. The molecule has 0 rings (SSSR count). The van der Waals surface area contributed by atoms with Crippen LogP contribution in [-0.4, -0.2) is 37.2 Å². The second kappa shape index (κ2) is 46.9. The Labute approximate surface area is 374 Å². The molecule has 356 valence electrons. The van der Waals surface area contributed by atoms with Gasteiger partial charge >= 0.3 is 17.9 Å². The molecular weight excluding hydrogens is 745 g/mol. The zero-order chi connectivity index (χ0) is 44.0. The number of ether oxygens (including phenoxy) is 3. The maximum absolute atomic E-state index is 12.8. The normalized spacial score (nSPS) is 12.5. The predicted octanol–water partition coefficient (Wildman–Crippen LogP) is 17.3. The number of carbonyl (C=O) groups is 3. The van der Waals surface area contributed by atoms with E-state index in [1.54, 1.807) is 0 Å². The van der Waals surface area contributed by atoms with Crippen molar-refractivity contribution < 1.29 is 28.6 Å². The van der Waals surface area contributed by atoms with Crippen LogP contribution in [0.5, 0.6) is 0 Å². The molecule has 60 heavy (non-hydrogen) atoms. The minimum Gasteiger partial charge on any atom is -0.462 e. The number of hydrogen-bond acceptors (Lipinski definition) is 6. The number of esters is 3. The van der Waals surface area contributed by atoms with Crippen molar-refractivity contribution in [2.45, 2.75) is 304 Å². The summed E-state index contributed by atoms with van der Waals surface area (Å²) >= 11 is 0. The Kier molecular flexibility index (Phi) is 45.7. The molecule has 0 radical (unpaired) electrons. The smallest absolute Gasteiger partial charge is 0.306 e. The van der Waals surface area contributed by atoms with Crippen molar-refractivity contribution in [3.8, 4) is 0 Å². The van der Waals surface area contributed by atoms with Crippen molar-refractivity contribution in [2.24, 2.45) is 11.8 Å². The summed E-state index contributed by atoms with van der Waals surface area (Å²) in [6, 6.07) is 0. The highest BCUT2D eigenvalue weighted by Gasteiger charge is 2.19. The van der Waals surface area contributed by atoms with Gasteiger partial charge in [0, 0.05) is 19.3 Å². The van der Waals surface area contributed by atoms with E-state index in [4.69, 9.17) is 14.2 Å². The van der Waals surface area contributed by atoms with Gasteiger partial charge in [-0.2, -0.15) is 0 Å². The number of hydrogen-bond donors (Lipinski definition) is 0. The number of unbranched alkanes of at least 4 members (excludes halogenated alkanes) is 32. The molecule has 0 spiro atoms. The number of rotatable bonds is 48. The van der Waals surface area contributed by atoms with Gasteiger partial charge in [-0.15, -0.1) is 0 Å². The lowest BCUT2D eigenvalue weighted by atomic mass is 9.99. The molecule has 1 unspecified atom stereocenters. The van der Waals surface area contributed by atoms with Crippen LogP contribution in [0.2, 0.25) is 0 Å². The molecule has 2 atom stereocenters. The molecule has 0 aliphatic rings. The van der Waals surface area contributed by atoms with Crippen molar-refractivity contribution in [3.63, 3.8) is 0 Å². The van der Waals surface area contributed by atoms with Gasteiger partial charge in [0.25, 0.3) is 0 Å². The fourth-order valence-electron chi connectivity index (χ4n) is 8.13. The average Bonchev–Trinajstić information content (AvgIpc) is 3.23. The van der Waals surface area contributed by atoms with Crippen LogP contribution >= 0.6 is 0 Å². The Hall–Kier alpha value is -1.59. The minimum atomic E-state index is -0.762. The maximum Gasteiger partial charge on any atom is 0.306 e.